The van der Waals surface area contributed by atoms with Crippen molar-refractivity contribution in [1.82, 2.24) is 15.1 Å². The van der Waals surface area contributed by atoms with Gasteiger partial charge in [0.05, 0.1) is 12.2 Å². The zero-order valence-electron chi connectivity index (χ0n) is 12.4. The number of hydrogen-bond donors (Lipinski definition) is 1. The molecular formula is C17H21N3O. The minimum Gasteiger partial charge on any atom is -0.488 e. The molecule has 0 saturated heterocycles. The number of hydrogen-bond acceptors (Lipinski definition) is 3. The van der Waals surface area contributed by atoms with Gasteiger partial charge in [0.25, 0.3) is 0 Å². The second-order valence-corrected chi connectivity index (χ2v) is 6.24. The molecule has 4 heteroatoms. The highest BCUT2D eigenvalue weighted by Crippen LogP contribution is 2.30. The zero-order valence-corrected chi connectivity index (χ0v) is 12.4. The highest BCUT2D eigenvalue weighted by Gasteiger charge is 2.24. The lowest BCUT2D eigenvalue weighted by Crippen LogP contribution is -2.21. The van der Waals surface area contributed by atoms with Crippen LogP contribution < -0.4 is 10.1 Å². The average molecular weight is 283 g/mol. The van der Waals surface area contributed by atoms with Gasteiger partial charge in [-0.3, -0.25) is 4.68 Å². The molecule has 1 fully saturated rings. The van der Waals surface area contributed by atoms with E-state index < -0.39 is 0 Å². The lowest BCUT2D eigenvalue weighted by atomic mass is 10.1. The van der Waals surface area contributed by atoms with Crippen LogP contribution in [-0.4, -0.2) is 21.9 Å². The molecule has 0 spiro atoms. The van der Waals surface area contributed by atoms with Gasteiger partial charge in [-0.25, -0.2) is 0 Å². The molecule has 1 unspecified atom stereocenters. The molecule has 1 saturated carbocycles. The molecule has 4 nitrogen and oxygen atoms in total. The van der Waals surface area contributed by atoms with Gasteiger partial charge >= 0.3 is 0 Å². The van der Waals surface area contributed by atoms with Gasteiger partial charge in [0, 0.05) is 25.2 Å². The van der Waals surface area contributed by atoms with Crippen LogP contribution in [0.3, 0.4) is 0 Å². The van der Waals surface area contributed by atoms with Crippen LogP contribution in [0.2, 0.25) is 0 Å². The van der Waals surface area contributed by atoms with E-state index in [0.717, 1.165) is 37.0 Å². The fourth-order valence-electron chi connectivity index (χ4n) is 2.90. The van der Waals surface area contributed by atoms with Crippen molar-refractivity contribution in [2.75, 3.05) is 0 Å². The van der Waals surface area contributed by atoms with Crippen LogP contribution in [-0.2, 0) is 19.5 Å². The van der Waals surface area contributed by atoms with E-state index in [4.69, 9.17) is 4.74 Å². The van der Waals surface area contributed by atoms with Crippen molar-refractivity contribution in [2.24, 2.45) is 0 Å². The predicted molar refractivity (Wildman–Crippen MR) is 81.4 cm³/mol. The van der Waals surface area contributed by atoms with Crippen molar-refractivity contribution in [3.05, 3.63) is 47.3 Å². The third-order valence-corrected chi connectivity index (χ3v) is 4.19. The molecule has 1 aromatic heterocycles. The van der Waals surface area contributed by atoms with Crippen LogP contribution in [0.25, 0.3) is 0 Å². The Morgan fingerprint density at radius 3 is 3.10 bits per heavy atom. The molecule has 2 aliphatic rings. The Morgan fingerprint density at radius 2 is 2.24 bits per heavy atom. The first kappa shape index (κ1) is 12.9. The number of rotatable bonds is 5. The lowest BCUT2D eigenvalue weighted by molar-refractivity contribution is 0.203. The summed E-state index contributed by atoms with van der Waals surface area (Å²) in [6.07, 6.45) is 5.86. The standard InChI is InChI=1S/C17H21N3O/c1-12-2-5-17-13(8-12)9-16(21-17)11-20-7-6-15(19-20)10-18-14-3-4-14/h2,5-8,14,16,18H,3-4,9-11H2,1H3. The summed E-state index contributed by atoms with van der Waals surface area (Å²) in [5, 5.41) is 8.12. The lowest BCUT2D eigenvalue weighted by Gasteiger charge is -2.10. The van der Waals surface area contributed by atoms with Gasteiger partial charge in [0.1, 0.15) is 11.9 Å². The Morgan fingerprint density at radius 1 is 1.33 bits per heavy atom. The molecule has 2 heterocycles. The Kier molecular flexibility index (Phi) is 3.19. The first-order valence-electron chi connectivity index (χ1n) is 7.78. The largest absolute Gasteiger partial charge is 0.488 e. The van der Waals surface area contributed by atoms with Gasteiger partial charge in [0.2, 0.25) is 0 Å². The van der Waals surface area contributed by atoms with Crippen molar-refractivity contribution >= 4 is 0 Å². The number of nitrogens with one attached hydrogen (secondary N) is 1. The van der Waals surface area contributed by atoms with Crippen LogP contribution in [0.1, 0.15) is 29.7 Å². The molecule has 0 amide bonds. The maximum atomic E-state index is 6.01. The van der Waals surface area contributed by atoms with E-state index in [1.165, 1.54) is 24.0 Å². The summed E-state index contributed by atoms with van der Waals surface area (Å²) in [7, 11) is 0. The second-order valence-electron chi connectivity index (χ2n) is 6.24. The van der Waals surface area contributed by atoms with E-state index in [-0.39, 0.29) is 6.10 Å². The fraction of sp³-hybridized carbons (Fsp3) is 0.471. The molecule has 0 radical (unpaired) electrons. The van der Waals surface area contributed by atoms with Gasteiger partial charge in [-0.15, -0.1) is 0 Å². The molecule has 21 heavy (non-hydrogen) atoms. The summed E-state index contributed by atoms with van der Waals surface area (Å²) in [6.45, 7) is 3.82. The van der Waals surface area contributed by atoms with Crippen LogP contribution in [0.15, 0.2) is 30.5 Å². The highest BCUT2D eigenvalue weighted by molar-refractivity contribution is 5.40. The molecule has 4 rings (SSSR count). The van der Waals surface area contributed by atoms with Crippen molar-refractivity contribution in [3.63, 3.8) is 0 Å². The van der Waals surface area contributed by atoms with E-state index in [9.17, 15) is 0 Å². The molecule has 1 N–H and O–H groups in total. The maximum absolute atomic E-state index is 6.01. The summed E-state index contributed by atoms with van der Waals surface area (Å²) in [4.78, 5) is 0. The maximum Gasteiger partial charge on any atom is 0.123 e. The molecular weight excluding hydrogens is 262 g/mol. The minimum absolute atomic E-state index is 0.200. The Labute approximate surface area is 125 Å². The van der Waals surface area contributed by atoms with Gasteiger partial charge in [-0.2, -0.15) is 5.10 Å². The summed E-state index contributed by atoms with van der Waals surface area (Å²) in [5.74, 6) is 1.04. The van der Waals surface area contributed by atoms with Crippen LogP contribution in [0.5, 0.6) is 5.75 Å². The van der Waals surface area contributed by atoms with E-state index >= 15 is 0 Å². The van der Waals surface area contributed by atoms with Crippen molar-refractivity contribution in [3.8, 4) is 5.75 Å². The van der Waals surface area contributed by atoms with Crippen LogP contribution in [0.4, 0.5) is 0 Å². The summed E-state index contributed by atoms with van der Waals surface area (Å²) < 4.78 is 8.01. The van der Waals surface area contributed by atoms with Crippen LogP contribution >= 0.6 is 0 Å². The van der Waals surface area contributed by atoms with Crippen molar-refractivity contribution in [2.45, 2.75) is 51.4 Å². The molecule has 1 atom stereocenters. The summed E-state index contributed by atoms with van der Waals surface area (Å²) in [6, 6.07) is 9.24. The van der Waals surface area contributed by atoms with E-state index in [1.54, 1.807) is 0 Å². The van der Waals surface area contributed by atoms with E-state index in [0.29, 0.717) is 0 Å². The smallest absolute Gasteiger partial charge is 0.123 e. The topological polar surface area (TPSA) is 39.1 Å². The average Bonchev–Trinajstić information content (AvgIpc) is 3.05. The molecule has 1 aliphatic heterocycles. The first-order chi connectivity index (χ1) is 10.3. The molecule has 1 aliphatic carbocycles. The van der Waals surface area contributed by atoms with Crippen LogP contribution in [0, 0.1) is 6.92 Å². The molecule has 1 aromatic carbocycles. The van der Waals surface area contributed by atoms with E-state index in [1.807, 2.05) is 4.68 Å². The Hall–Kier alpha value is -1.81. The highest BCUT2D eigenvalue weighted by atomic mass is 16.5. The number of benzene rings is 1. The molecule has 0 bridgehead atoms. The number of aryl methyl sites for hydroxylation is 1. The monoisotopic (exact) mass is 283 g/mol. The predicted octanol–water partition coefficient (Wildman–Crippen LogP) is 2.45. The summed E-state index contributed by atoms with van der Waals surface area (Å²) >= 11 is 0. The number of nitrogens with zero attached hydrogens (tertiary/aromatic N) is 2. The van der Waals surface area contributed by atoms with Gasteiger partial charge in [-0.1, -0.05) is 17.7 Å². The SMILES string of the molecule is Cc1ccc2c(c1)CC(Cn1ccc(CNC3CC3)n1)O2. The Balaban J connectivity index is 1.36. The third kappa shape index (κ3) is 2.95. The molecule has 2 aromatic rings. The number of fused-ring (bicyclic) bond motifs is 1. The quantitative estimate of drug-likeness (QED) is 0.916. The van der Waals surface area contributed by atoms with Gasteiger partial charge in [0.15, 0.2) is 0 Å². The number of ether oxygens (including phenoxy) is 1. The van der Waals surface area contributed by atoms with Crippen molar-refractivity contribution in [1.29, 1.82) is 0 Å². The fourth-order valence-corrected chi connectivity index (χ4v) is 2.90. The van der Waals surface area contributed by atoms with E-state index in [2.05, 4.69) is 47.8 Å². The van der Waals surface area contributed by atoms with Gasteiger partial charge in [-0.05, 0) is 37.5 Å². The zero-order chi connectivity index (χ0) is 14.2. The van der Waals surface area contributed by atoms with Crippen molar-refractivity contribution < 1.29 is 4.74 Å². The first-order valence-corrected chi connectivity index (χ1v) is 7.78. The Bertz CT molecular complexity index is 645. The third-order valence-electron chi connectivity index (χ3n) is 4.19. The second kappa shape index (κ2) is 5.19. The number of aromatic nitrogens is 2. The molecule has 110 valence electrons. The normalized spacial score (nSPS) is 20.3. The van der Waals surface area contributed by atoms with Gasteiger partial charge < -0.3 is 10.1 Å². The minimum atomic E-state index is 0.200. The summed E-state index contributed by atoms with van der Waals surface area (Å²) in [5.41, 5.74) is 3.74.